The molecule has 2 amide bonds. The summed E-state index contributed by atoms with van der Waals surface area (Å²) in [5, 5.41) is 3.43. The van der Waals surface area contributed by atoms with Crippen LogP contribution in [0.4, 0.5) is 4.79 Å². The van der Waals surface area contributed by atoms with E-state index in [0.717, 1.165) is 11.1 Å². The first-order chi connectivity index (χ1) is 10.7. The highest BCUT2D eigenvalue weighted by Crippen LogP contribution is 2.38. The second-order valence-corrected chi connectivity index (χ2v) is 7.63. The molecule has 0 saturated carbocycles. The molecule has 1 aromatic carbocycles. The lowest BCUT2D eigenvalue weighted by atomic mass is 9.83. The molecule has 23 heavy (non-hydrogen) atoms. The van der Waals surface area contributed by atoms with Crippen molar-refractivity contribution in [2.75, 3.05) is 13.1 Å². The number of nitrogens with one attached hydrogen (secondary N) is 1. The Bertz CT molecular complexity index is 681. The molecule has 5 nitrogen and oxygen atoms in total. The smallest absolute Gasteiger partial charge is 0.410 e. The number of hydrogen-bond donors (Lipinski definition) is 1. The molecule has 2 aliphatic heterocycles. The van der Waals surface area contributed by atoms with Gasteiger partial charge in [0.1, 0.15) is 5.60 Å². The number of hydrogen-bond acceptors (Lipinski definition) is 3. The summed E-state index contributed by atoms with van der Waals surface area (Å²) < 4.78 is 5.44. The van der Waals surface area contributed by atoms with Crippen LogP contribution >= 0.6 is 11.6 Å². The van der Waals surface area contributed by atoms with Crippen LogP contribution in [0.2, 0.25) is 5.02 Å². The molecule has 2 unspecified atom stereocenters. The lowest BCUT2D eigenvalue weighted by Crippen LogP contribution is -2.45. The van der Waals surface area contributed by atoms with E-state index in [1.165, 1.54) is 0 Å². The van der Waals surface area contributed by atoms with Crippen molar-refractivity contribution in [2.45, 2.75) is 45.3 Å². The highest BCUT2D eigenvalue weighted by molar-refractivity contribution is 6.34. The summed E-state index contributed by atoms with van der Waals surface area (Å²) in [7, 11) is 0. The molecule has 2 atom stereocenters. The third-order valence-electron chi connectivity index (χ3n) is 4.30. The number of nitrogens with zero attached hydrogens (tertiary/aromatic N) is 1. The van der Waals surface area contributed by atoms with E-state index in [9.17, 15) is 9.59 Å². The first-order valence-electron chi connectivity index (χ1n) is 7.75. The lowest BCUT2D eigenvalue weighted by molar-refractivity contribution is 0.0288. The van der Waals surface area contributed by atoms with Crippen molar-refractivity contribution in [3.05, 3.63) is 33.8 Å². The van der Waals surface area contributed by atoms with E-state index >= 15 is 0 Å². The molecule has 3 rings (SSSR count). The molecule has 1 fully saturated rings. The fourth-order valence-electron chi connectivity index (χ4n) is 3.36. The number of ether oxygens (including phenoxy) is 1. The summed E-state index contributed by atoms with van der Waals surface area (Å²) in [5.74, 6) is -0.116. The Morgan fingerprint density at radius 2 is 2.04 bits per heavy atom. The van der Waals surface area contributed by atoms with Gasteiger partial charge in [0.15, 0.2) is 0 Å². The maximum absolute atomic E-state index is 12.4. The van der Waals surface area contributed by atoms with Crippen molar-refractivity contribution >= 4 is 23.6 Å². The van der Waals surface area contributed by atoms with E-state index in [-0.39, 0.29) is 24.0 Å². The van der Waals surface area contributed by atoms with Crippen molar-refractivity contribution in [2.24, 2.45) is 0 Å². The van der Waals surface area contributed by atoms with Crippen LogP contribution in [0, 0.1) is 6.92 Å². The molecule has 0 bridgehead atoms. The number of aryl methyl sites for hydroxylation is 1. The van der Waals surface area contributed by atoms with Gasteiger partial charge < -0.3 is 15.0 Å². The van der Waals surface area contributed by atoms with E-state index in [1.807, 2.05) is 33.8 Å². The number of benzene rings is 1. The Morgan fingerprint density at radius 3 is 2.70 bits per heavy atom. The highest BCUT2D eigenvalue weighted by Gasteiger charge is 2.44. The Kier molecular flexibility index (Phi) is 3.79. The minimum atomic E-state index is -0.536. The predicted octanol–water partition coefficient (Wildman–Crippen LogP) is 3.09. The molecule has 2 heterocycles. The fraction of sp³-hybridized carbons (Fsp3) is 0.529. The Labute approximate surface area is 140 Å². The number of fused-ring (bicyclic) bond motifs is 3. The molecular weight excluding hydrogens is 316 g/mol. The van der Waals surface area contributed by atoms with Gasteiger partial charge in [-0.2, -0.15) is 0 Å². The summed E-state index contributed by atoms with van der Waals surface area (Å²) in [5.41, 5.74) is 1.99. The average molecular weight is 337 g/mol. The van der Waals surface area contributed by atoms with Gasteiger partial charge in [0.05, 0.1) is 16.6 Å². The fourth-order valence-corrected chi connectivity index (χ4v) is 3.62. The zero-order chi connectivity index (χ0) is 16.9. The molecule has 1 saturated heterocycles. The van der Waals surface area contributed by atoms with Crippen molar-refractivity contribution < 1.29 is 14.3 Å². The highest BCUT2D eigenvalue weighted by atomic mass is 35.5. The number of amides is 2. The number of likely N-dealkylation sites (tertiary alicyclic amines) is 1. The minimum Gasteiger partial charge on any atom is -0.444 e. The number of halogens is 1. The van der Waals surface area contributed by atoms with Crippen molar-refractivity contribution in [3.8, 4) is 0 Å². The first-order valence-corrected chi connectivity index (χ1v) is 8.13. The maximum Gasteiger partial charge on any atom is 0.410 e. The molecule has 1 N–H and O–H groups in total. The molecule has 0 spiro atoms. The Hall–Kier alpha value is -1.75. The summed E-state index contributed by atoms with van der Waals surface area (Å²) >= 11 is 6.22. The Balaban J connectivity index is 1.91. The zero-order valence-corrected chi connectivity index (χ0v) is 14.5. The summed E-state index contributed by atoms with van der Waals surface area (Å²) in [6.07, 6.45) is -0.345. The van der Waals surface area contributed by atoms with E-state index in [2.05, 4.69) is 5.32 Å². The average Bonchev–Trinajstić information content (AvgIpc) is 2.84. The predicted molar refractivity (Wildman–Crippen MR) is 88.0 cm³/mol. The number of rotatable bonds is 0. The molecule has 6 heteroatoms. The minimum absolute atomic E-state index is 0.0499. The van der Waals surface area contributed by atoms with Gasteiger partial charge in [-0.05, 0) is 44.9 Å². The molecule has 1 aromatic rings. The van der Waals surface area contributed by atoms with Crippen molar-refractivity contribution in [1.29, 1.82) is 0 Å². The standard InChI is InChI=1S/C17H21ClN2O3/c1-9-5-6-11(18)14-13(9)10-7-20(8-12(10)19-15(14)21)16(22)23-17(2,3)4/h5-6,10,12H,7-8H2,1-4H3,(H,19,21). The Morgan fingerprint density at radius 1 is 1.35 bits per heavy atom. The van der Waals surface area contributed by atoms with Crippen LogP contribution in [0.25, 0.3) is 0 Å². The van der Waals surface area contributed by atoms with Crippen molar-refractivity contribution in [1.82, 2.24) is 10.2 Å². The number of carbonyl (C=O) groups excluding carboxylic acids is 2. The molecule has 0 aromatic heterocycles. The summed E-state index contributed by atoms with van der Waals surface area (Å²) in [4.78, 5) is 26.4. The SMILES string of the molecule is Cc1ccc(Cl)c2c1C1CN(C(=O)OC(C)(C)C)CC1NC2=O. The van der Waals surface area contributed by atoms with Gasteiger partial charge >= 0.3 is 6.09 Å². The molecule has 2 aliphatic rings. The third-order valence-corrected chi connectivity index (χ3v) is 4.61. The second kappa shape index (κ2) is 5.41. The van der Waals surface area contributed by atoms with Gasteiger partial charge in [-0.25, -0.2) is 4.79 Å². The van der Waals surface area contributed by atoms with Gasteiger partial charge in [0.2, 0.25) is 0 Å². The number of carbonyl (C=O) groups is 2. The molecule has 0 aliphatic carbocycles. The first kappa shape index (κ1) is 16.1. The van der Waals surface area contributed by atoms with Gasteiger partial charge in [0, 0.05) is 19.0 Å². The van der Waals surface area contributed by atoms with Crippen LogP contribution in [0.15, 0.2) is 12.1 Å². The van der Waals surface area contributed by atoms with Gasteiger partial charge in [-0.1, -0.05) is 17.7 Å². The zero-order valence-electron chi connectivity index (χ0n) is 13.8. The summed E-state index contributed by atoms with van der Waals surface area (Å²) in [6.45, 7) is 8.48. The molecule has 0 radical (unpaired) electrons. The quantitative estimate of drug-likeness (QED) is 0.792. The summed E-state index contributed by atoms with van der Waals surface area (Å²) in [6, 6.07) is 3.57. The topological polar surface area (TPSA) is 58.6 Å². The monoisotopic (exact) mass is 336 g/mol. The van der Waals surface area contributed by atoms with Crippen LogP contribution in [0.3, 0.4) is 0 Å². The largest absolute Gasteiger partial charge is 0.444 e. The van der Waals surface area contributed by atoms with E-state index in [0.29, 0.717) is 23.7 Å². The van der Waals surface area contributed by atoms with Crippen LogP contribution in [-0.4, -0.2) is 41.6 Å². The van der Waals surface area contributed by atoms with Gasteiger partial charge in [-0.15, -0.1) is 0 Å². The maximum atomic E-state index is 12.4. The lowest BCUT2D eigenvalue weighted by Gasteiger charge is -2.29. The van der Waals surface area contributed by atoms with Crippen LogP contribution in [0.1, 0.15) is 48.2 Å². The van der Waals surface area contributed by atoms with E-state index < -0.39 is 5.60 Å². The van der Waals surface area contributed by atoms with E-state index in [1.54, 1.807) is 11.0 Å². The van der Waals surface area contributed by atoms with E-state index in [4.69, 9.17) is 16.3 Å². The molecule has 124 valence electrons. The van der Waals surface area contributed by atoms with Crippen LogP contribution in [-0.2, 0) is 4.74 Å². The van der Waals surface area contributed by atoms with Gasteiger partial charge in [0.25, 0.3) is 5.91 Å². The third kappa shape index (κ3) is 2.90. The van der Waals surface area contributed by atoms with Crippen LogP contribution in [0.5, 0.6) is 0 Å². The van der Waals surface area contributed by atoms with Crippen molar-refractivity contribution in [3.63, 3.8) is 0 Å². The normalized spacial score (nSPS) is 23.2. The second-order valence-electron chi connectivity index (χ2n) is 7.22. The van der Waals surface area contributed by atoms with Crippen LogP contribution < -0.4 is 5.32 Å². The molecular formula is C17H21ClN2O3. The van der Waals surface area contributed by atoms with Gasteiger partial charge in [-0.3, -0.25) is 4.79 Å².